The molecule has 0 aliphatic heterocycles. The zero-order valence-electron chi connectivity index (χ0n) is 23.9. The molecule has 0 spiro atoms. The third-order valence-corrected chi connectivity index (χ3v) is 10.4. The molecule has 0 radical (unpaired) electrons. The first kappa shape index (κ1) is 30.6. The van der Waals surface area contributed by atoms with Crippen molar-refractivity contribution in [3.63, 3.8) is 0 Å². The molecule has 0 nitrogen and oxygen atoms in total. The summed E-state index contributed by atoms with van der Waals surface area (Å²) in [7, 11) is 0. The van der Waals surface area contributed by atoms with Gasteiger partial charge in [-0.3, -0.25) is 0 Å². The monoisotopic (exact) mass is 552 g/mol. The van der Waals surface area contributed by atoms with Crippen LogP contribution in [0.25, 0.3) is 0 Å². The average Bonchev–Trinajstić information content (AvgIpc) is 2.92. The largest absolute Gasteiger partial charge is 0.412 e. The van der Waals surface area contributed by atoms with Crippen LogP contribution in [0.15, 0.2) is 30.1 Å². The predicted molar refractivity (Wildman–Crippen MR) is 150 cm³/mol. The number of benzene rings is 1. The van der Waals surface area contributed by atoms with Gasteiger partial charge < -0.3 is 0 Å². The Hall–Kier alpha value is -1.39. The van der Waals surface area contributed by atoms with E-state index in [1.165, 1.54) is 77.0 Å². The first-order valence-electron chi connectivity index (χ1n) is 15.9. The lowest BCUT2D eigenvalue weighted by Gasteiger charge is -2.38. The van der Waals surface area contributed by atoms with Gasteiger partial charge in [-0.05, 0) is 111 Å². The van der Waals surface area contributed by atoms with Gasteiger partial charge in [0, 0.05) is 5.92 Å². The molecule has 0 bridgehead atoms. The highest BCUT2D eigenvalue weighted by molar-refractivity contribution is 5.28. The summed E-state index contributed by atoms with van der Waals surface area (Å²) in [6.07, 6.45) is 15.6. The zero-order chi connectivity index (χ0) is 27.8. The van der Waals surface area contributed by atoms with Crippen LogP contribution in [0.3, 0.4) is 0 Å². The fourth-order valence-corrected chi connectivity index (χ4v) is 7.96. The van der Waals surface area contributed by atoms with Crippen molar-refractivity contribution in [3.05, 3.63) is 47.0 Å². The molecule has 5 heteroatoms. The molecule has 3 fully saturated rings. The number of alkyl halides is 3. The minimum absolute atomic E-state index is 0.0457. The first-order valence-corrected chi connectivity index (χ1v) is 15.9. The van der Waals surface area contributed by atoms with Crippen LogP contribution >= 0.6 is 0 Å². The third kappa shape index (κ3) is 9.32. The molecule has 0 saturated heterocycles. The second-order valence-corrected chi connectivity index (χ2v) is 13.1. The molecule has 0 atom stereocenters. The topological polar surface area (TPSA) is 0 Å². The van der Waals surface area contributed by atoms with Crippen LogP contribution in [-0.2, 0) is 6.42 Å². The Balaban J connectivity index is 1.16. The van der Waals surface area contributed by atoms with Gasteiger partial charge in [0.05, 0.1) is 6.08 Å². The number of hydrogen-bond acceptors (Lipinski definition) is 0. The molecule has 1 aromatic carbocycles. The van der Waals surface area contributed by atoms with E-state index >= 15 is 4.39 Å². The highest BCUT2D eigenvalue weighted by atomic mass is 19.4. The van der Waals surface area contributed by atoms with Crippen molar-refractivity contribution < 1.29 is 22.0 Å². The highest BCUT2D eigenvalue weighted by Crippen LogP contribution is 2.44. The Morgan fingerprint density at radius 2 is 1.38 bits per heavy atom. The summed E-state index contributed by atoms with van der Waals surface area (Å²) in [6, 6.07) is 5.56. The van der Waals surface area contributed by atoms with E-state index in [-0.39, 0.29) is 17.8 Å². The Morgan fingerprint density at radius 3 is 1.92 bits per heavy atom. The predicted octanol–water partition coefficient (Wildman–Crippen LogP) is 11.6. The summed E-state index contributed by atoms with van der Waals surface area (Å²) in [4.78, 5) is 0. The Kier molecular flexibility index (Phi) is 11.4. The van der Waals surface area contributed by atoms with Crippen LogP contribution < -0.4 is 0 Å². The van der Waals surface area contributed by atoms with Gasteiger partial charge in [0.15, 0.2) is 0 Å². The van der Waals surface area contributed by atoms with E-state index in [2.05, 4.69) is 6.92 Å². The van der Waals surface area contributed by atoms with Crippen molar-refractivity contribution in [2.45, 2.75) is 135 Å². The maximum atomic E-state index is 15.0. The normalized spacial score (nSPS) is 30.9. The van der Waals surface area contributed by atoms with Gasteiger partial charge in [-0.2, -0.15) is 13.2 Å². The number of unbranched alkanes of at least 4 members (excludes halogenated alkanes) is 2. The van der Waals surface area contributed by atoms with Crippen LogP contribution in [0, 0.1) is 35.4 Å². The van der Waals surface area contributed by atoms with Crippen molar-refractivity contribution in [1.29, 1.82) is 0 Å². The highest BCUT2D eigenvalue weighted by Gasteiger charge is 2.32. The van der Waals surface area contributed by atoms with E-state index in [9.17, 15) is 17.6 Å². The summed E-state index contributed by atoms with van der Waals surface area (Å²) in [5.74, 6) is 1.54. The molecule has 3 saturated carbocycles. The van der Waals surface area contributed by atoms with Crippen LogP contribution in [0.1, 0.15) is 133 Å². The fraction of sp³-hybridized carbons (Fsp3) is 0.765. The summed E-state index contributed by atoms with van der Waals surface area (Å²) < 4.78 is 66.3. The molecule has 0 unspecified atom stereocenters. The summed E-state index contributed by atoms with van der Waals surface area (Å²) in [6.45, 7) is 2.29. The molecule has 4 rings (SSSR count). The van der Waals surface area contributed by atoms with Crippen molar-refractivity contribution in [2.75, 3.05) is 0 Å². The lowest BCUT2D eigenvalue weighted by Crippen LogP contribution is -2.26. The molecule has 3 aliphatic rings. The van der Waals surface area contributed by atoms with E-state index in [1.807, 2.05) is 12.1 Å². The summed E-state index contributed by atoms with van der Waals surface area (Å²) in [5, 5.41) is 0. The lowest BCUT2D eigenvalue weighted by molar-refractivity contribution is -0.0820. The Labute approximate surface area is 233 Å². The van der Waals surface area contributed by atoms with Crippen molar-refractivity contribution >= 4 is 0 Å². The number of halogens is 5. The van der Waals surface area contributed by atoms with E-state index in [1.54, 1.807) is 6.07 Å². The fourth-order valence-electron chi connectivity index (χ4n) is 7.96. The molecule has 0 amide bonds. The van der Waals surface area contributed by atoms with E-state index in [0.29, 0.717) is 31.2 Å². The van der Waals surface area contributed by atoms with Gasteiger partial charge in [-0.15, -0.1) is 0 Å². The summed E-state index contributed by atoms with van der Waals surface area (Å²) in [5.41, 5.74) is 1.67. The van der Waals surface area contributed by atoms with Gasteiger partial charge in [0.25, 0.3) is 0 Å². The zero-order valence-corrected chi connectivity index (χ0v) is 23.9. The molecule has 1 aromatic rings. The third-order valence-electron chi connectivity index (χ3n) is 10.4. The van der Waals surface area contributed by atoms with Crippen molar-refractivity contribution in [1.82, 2.24) is 0 Å². The molecule has 39 heavy (non-hydrogen) atoms. The number of allylic oxidation sites excluding steroid dienone is 2. The van der Waals surface area contributed by atoms with Gasteiger partial charge in [0.1, 0.15) is 11.6 Å². The second kappa shape index (κ2) is 14.5. The van der Waals surface area contributed by atoms with Crippen LogP contribution in [-0.4, -0.2) is 6.18 Å². The SMILES string of the molecule is CCCCCC1CCC(C2CCC(CCc3ccc(C4CCC(C(F)=CC(F)(F)F)CC4)c(F)c3)CC2)CC1. The lowest BCUT2D eigenvalue weighted by atomic mass is 9.68. The molecular weight excluding hydrogens is 503 g/mol. The first-order chi connectivity index (χ1) is 18.7. The van der Waals surface area contributed by atoms with Crippen molar-refractivity contribution in [2.24, 2.45) is 29.6 Å². The summed E-state index contributed by atoms with van der Waals surface area (Å²) >= 11 is 0. The van der Waals surface area contributed by atoms with Crippen molar-refractivity contribution in [3.8, 4) is 0 Å². The molecule has 3 aliphatic carbocycles. The van der Waals surface area contributed by atoms with E-state index in [0.717, 1.165) is 42.1 Å². The van der Waals surface area contributed by atoms with E-state index in [4.69, 9.17) is 0 Å². The van der Waals surface area contributed by atoms with Gasteiger partial charge >= 0.3 is 6.18 Å². The van der Waals surface area contributed by atoms with Gasteiger partial charge in [0.2, 0.25) is 0 Å². The van der Waals surface area contributed by atoms with Crippen LogP contribution in [0.4, 0.5) is 22.0 Å². The molecule has 0 N–H and O–H groups in total. The minimum atomic E-state index is -4.63. The second-order valence-electron chi connectivity index (χ2n) is 13.1. The maximum Gasteiger partial charge on any atom is 0.412 e. The molecule has 0 aromatic heterocycles. The maximum absolute atomic E-state index is 15.0. The quantitative estimate of drug-likeness (QED) is 0.200. The molecule has 0 heterocycles. The van der Waals surface area contributed by atoms with E-state index < -0.39 is 17.9 Å². The smallest absolute Gasteiger partial charge is 0.212 e. The van der Waals surface area contributed by atoms with Gasteiger partial charge in [-0.1, -0.05) is 70.4 Å². The van der Waals surface area contributed by atoms with Crippen LogP contribution in [0.2, 0.25) is 0 Å². The average molecular weight is 553 g/mol. The Bertz CT molecular complexity index is 895. The number of aryl methyl sites for hydroxylation is 1. The number of hydrogen-bond donors (Lipinski definition) is 0. The number of rotatable bonds is 10. The minimum Gasteiger partial charge on any atom is -0.212 e. The Morgan fingerprint density at radius 1 is 0.795 bits per heavy atom. The molecule has 220 valence electrons. The van der Waals surface area contributed by atoms with Crippen LogP contribution in [0.5, 0.6) is 0 Å². The standard InChI is InChI=1S/C34H49F5/c1-2-3-4-5-24-8-13-27(14-9-24)28-15-10-25(11-16-28)6-7-26-12-21-31(32(35)22-26)29-17-19-30(20-18-29)33(36)23-34(37,38)39/h12,21-25,27-30H,2-11,13-20H2,1H3. The van der Waals surface area contributed by atoms with Gasteiger partial charge in [-0.25, -0.2) is 8.78 Å². The molecular formula is C34H49F5.